The zero-order valence-corrected chi connectivity index (χ0v) is 12.5. The third-order valence-corrected chi connectivity index (χ3v) is 4.37. The van der Waals surface area contributed by atoms with Crippen molar-refractivity contribution < 1.29 is 4.39 Å². The molecule has 0 radical (unpaired) electrons. The first kappa shape index (κ1) is 14.9. The lowest BCUT2D eigenvalue weighted by Crippen LogP contribution is -2.26. The van der Waals surface area contributed by atoms with Gasteiger partial charge in [-0.15, -0.1) is 0 Å². The predicted molar refractivity (Wildman–Crippen MR) is 82.2 cm³/mol. The number of benzene rings is 1. The molecule has 1 unspecified atom stereocenters. The first-order chi connectivity index (χ1) is 9.28. The molecule has 1 fully saturated rings. The highest BCUT2D eigenvalue weighted by molar-refractivity contribution is 7.98. The van der Waals surface area contributed by atoms with Crippen LogP contribution < -0.4 is 5.32 Å². The van der Waals surface area contributed by atoms with Crippen molar-refractivity contribution in [1.29, 1.82) is 0 Å². The van der Waals surface area contributed by atoms with Crippen LogP contribution in [-0.2, 0) is 6.42 Å². The maximum absolute atomic E-state index is 12.9. The highest BCUT2D eigenvalue weighted by Crippen LogP contribution is 2.21. The molecule has 0 heterocycles. The summed E-state index contributed by atoms with van der Waals surface area (Å²) >= 11 is 1.92. The molecule has 1 nitrogen and oxygen atoms in total. The number of halogens is 1. The molecule has 2 rings (SSSR count). The fourth-order valence-electron chi connectivity index (χ4n) is 2.37. The Morgan fingerprint density at radius 2 is 2.05 bits per heavy atom. The monoisotopic (exact) mass is 281 g/mol. The summed E-state index contributed by atoms with van der Waals surface area (Å²) in [5, 5.41) is 3.63. The first-order valence-electron chi connectivity index (χ1n) is 7.24. The van der Waals surface area contributed by atoms with Gasteiger partial charge in [-0.3, -0.25) is 0 Å². The van der Waals surface area contributed by atoms with E-state index in [1.54, 1.807) is 12.1 Å². The molecule has 19 heavy (non-hydrogen) atoms. The van der Waals surface area contributed by atoms with Crippen LogP contribution in [-0.4, -0.2) is 24.6 Å². The molecular weight excluding hydrogens is 257 g/mol. The molecule has 1 aliphatic rings. The zero-order valence-electron chi connectivity index (χ0n) is 11.7. The van der Waals surface area contributed by atoms with Crippen LogP contribution in [0.15, 0.2) is 24.3 Å². The van der Waals surface area contributed by atoms with Gasteiger partial charge in [-0.2, -0.15) is 11.8 Å². The third-order valence-electron chi connectivity index (χ3n) is 3.67. The van der Waals surface area contributed by atoms with Gasteiger partial charge in [0.25, 0.3) is 0 Å². The minimum Gasteiger partial charge on any atom is -0.314 e. The number of hydrogen-bond acceptors (Lipinski definition) is 2. The van der Waals surface area contributed by atoms with Crippen LogP contribution in [0.3, 0.4) is 0 Å². The van der Waals surface area contributed by atoms with Gasteiger partial charge >= 0.3 is 0 Å². The second-order valence-corrected chi connectivity index (χ2v) is 6.50. The standard InChI is InChI=1S/C16H24FNS/c1-19-10-2-3-14(12-18-16-8-9-16)11-13-4-6-15(17)7-5-13/h4-7,14,16,18H,2-3,8-12H2,1H3. The molecular formula is C16H24FNS. The molecule has 0 saturated heterocycles. The van der Waals surface area contributed by atoms with E-state index in [0.29, 0.717) is 5.92 Å². The van der Waals surface area contributed by atoms with Crippen molar-refractivity contribution in [3.63, 3.8) is 0 Å². The lowest BCUT2D eigenvalue weighted by atomic mass is 9.95. The molecule has 0 bridgehead atoms. The van der Waals surface area contributed by atoms with E-state index in [2.05, 4.69) is 11.6 Å². The predicted octanol–water partition coefficient (Wildman–Crippen LogP) is 3.88. The number of thioether (sulfide) groups is 1. The number of hydrogen-bond donors (Lipinski definition) is 1. The minimum absolute atomic E-state index is 0.140. The first-order valence-corrected chi connectivity index (χ1v) is 8.64. The molecule has 1 N–H and O–H groups in total. The van der Waals surface area contributed by atoms with Crippen molar-refractivity contribution in [3.8, 4) is 0 Å². The Kier molecular flexibility index (Phi) is 6.18. The van der Waals surface area contributed by atoms with Crippen LogP contribution in [0, 0.1) is 11.7 Å². The molecule has 0 aromatic heterocycles. The van der Waals surface area contributed by atoms with Crippen molar-refractivity contribution in [1.82, 2.24) is 5.32 Å². The fraction of sp³-hybridized carbons (Fsp3) is 0.625. The van der Waals surface area contributed by atoms with Crippen molar-refractivity contribution in [2.75, 3.05) is 18.6 Å². The molecule has 3 heteroatoms. The van der Waals surface area contributed by atoms with Gasteiger partial charge in [0.1, 0.15) is 5.82 Å². The molecule has 106 valence electrons. The van der Waals surface area contributed by atoms with Gasteiger partial charge in [0.2, 0.25) is 0 Å². The van der Waals surface area contributed by atoms with Gasteiger partial charge in [-0.05, 0) is 74.3 Å². The van der Waals surface area contributed by atoms with E-state index in [9.17, 15) is 4.39 Å². The molecule has 0 aliphatic heterocycles. The van der Waals surface area contributed by atoms with Crippen molar-refractivity contribution in [2.24, 2.45) is 5.92 Å². The van der Waals surface area contributed by atoms with Gasteiger partial charge in [0, 0.05) is 6.04 Å². The van der Waals surface area contributed by atoms with Crippen LogP contribution in [0.2, 0.25) is 0 Å². The molecule has 1 aliphatic carbocycles. The molecule has 0 amide bonds. The Balaban J connectivity index is 1.81. The maximum Gasteiger partial charge on any atom is 0.123 e. The molecule has 1 aromatic rings. The summed E-state index contributed by atoms with van der Waals surface area (Å²) in [5.41, 5.74) is 1.26. The van der Waals surface area contributed by atoms with E-state index in [-0.39, 0.29) is 5.82 Å². The molecule has 1 saturated carbocycles. The maximum atomic E-state index is 12.9. The van der Waals surface area contributed by atoms with E-state index < -0.39 is 0 Å². The fourth-order valence-corrected chi connectivity index (χ4v) is 2.82. The van der Waals surface area contributed by atoms with Gasteiger partial charge in [0.15, 0.2) is 0 Å². The summed E-state index contributed by atoms with van der Waals surface area (Å²) < 4.78 is 12.9. The number of nitrogens with one attached hydrogen (secondary N) is 1. The van der Waals surface area contributed by atoms with E-state index in [1.165, 1.54) is 37.0 Å². The van der Waals surface area contributed by atoms with Gasteiger partial charge in [0.05, 0.1) is 0 Å². The summed E-state index contributed by atoms with van der Waals surface area (Å²) in [6, 6.07) is 7.77. The van der Waals surface area contributed by atoms with Crippen LogP contribution in [0.25, 0.3) is 0 Å². The zero-order chi connectivity index (χ0) is 13.5. The van der Waals surface area contributed by atoms with Crippen LogP contribution in [0.5, 0.6) is 0 Å². The lowest BCUT2D eigenvalue weighted by molar-refractivity contribution is 0.438. The lowest BCUT2D eigenvalue weighted by Gasteiger charge is -2.17. The van der Waals surface area contributed by atoms with Gasteiger partial charge in [-0.25, -0.2) is 4.39 Å². The Labute approximate surface area is 120 Å². The topological polar surface area (TPSA) is 12.0 Å². The SMILES string of the molecule is CSCCCC(CNC1CC1)Cc1ccc(F)cc1. The normalized spacial score (nSPS) is 16.5. The van der Waals surface area contributed by atoms with Crippen LogP contribution in [0.4, 0.5) is 4.39 Å². The van der Waals surface area contributed by atoms with E-state index in [1.807, 2.05) is 23.9 Å². The Morgan fingerprint density at radius 3 is 2.68 bits per heavy atom. The minimum atomic E-state index is -0.140. The van der Waals surface area contributed by atoms with Gasteiger partial charge in [-0.1, -0.05) is 12.1 Å². The highest BCUT2D eigenvalue weighted by Gasteiger charge is 2.21. The van der Waals surface area contributed by atoms with Crippen molar-refractivity contribution in [2.45, 2.75) is 38.1 Å². The third kappa shape index (κ3) is 5.96. The average molecular weight is 281 g/mol. The molecule has 1 atom stereocenters. The molecule has 1 aromatic carbocycles. The van der Waals surface area contributed by atoms with E-state index >= 15 is 0 Å². The van der Waals surface area contributed by atoms with E-state index in [0.717, 1.165) is 19.0 Å². The number of rotatable bonds is 9. The molecule has 0 spiro atoms. The highest BCUT2D eigenvalue weighted by atomic mass is 32.2. The quantitative estimate of drug-likeness (QED) is 0.689. The summed E-state index contributed by atoms with van der Waals surface area (Å²) in [7, 11) is 0. The van der Waals surface area contributed by atoms with E-state index in [4.69, 9.17) is 0 Å². The summed E-state index contributed by atoms with van der Waals surface area (Å²) in [6.45, 7) is 1.11. The Bertz CT molecular complexity index is 362. The summed E-state index contributed by atoms with van der Waals surface area (Å²) in [5.74, 6) is 1.78. The Hall–Kier alpha value is -0.540. The van der Waals surface area contributed by atoms with Gasteiger partial charge < -0.3 is 5.32 Å². The van der Waals surface area contributed by atoms with Crippen molar-refractivity contribution in [3.05, 3.63) is 35.6 Å². The second kappa shape index (κ2) is 7.91. The van der Waals surface area contributed by atoms with Crippen molar-refractivity contribution >= 4 is 11.8 Å². The smallest absolute Gasteiger partial charge is 0.123 e. The van der Waals surface area contributed by atoms with Crippen LogP contribution in [0.1, 0.15) is 31.2 Å². The largest absolute Gasteiger partial charge is 0.314 e. The van der Waals surface area contributed by atoms with Crippen LogP contribution >= 0.6 is 11.8 Å². The summed E-state index contributed by atoms with van der Waals surface area (Å²) in [6.07, 6.45) is 8.45. The second-order valence-electron chi connectivity index (χ2n) is 5.51. The average Bonchev–Trinajstić information content (AvgIpc) is 3.23. The Morgan fingerprint density at radius 1 is 1.32 bits per heavy atom. The summed E-state index contributed by atoms with van der Waals surface area (Å²) in [4.78, 5) is 0.